The molecule has 0 aliphatic heterocycles. The van der Waals surface area contributed by atoms with Crippen LogP contribution in [0.4, 0.5) is 33.2 Å². The monoisotopic (exact) mass is 533 g/mol. The van der Waals surface area contributed by atoms with Gasteiger partial charge in [0.2, 0.25) is 6.35 Å². The van der Waals surface area contributed by atoms with Crippen molar-refractivity contribution in [2.45, 2.75) is 20.2 Å². The summed E-state index contributed by atoms with van der Waals surface area (Å²) in [7, 11) is 3.18. The zero-order valence-electron chi connectivity index (χ0n) is 22.7. The Morgan fingerprint density at radius 1 is 0.795 bits per heavy atom. The van der Waals surface area contributed by atoms with Crippen molar-refractivity contribution in [2.75, 3.05) is 56.6 Å². The lowest BCUT2D eigenvalue weighted by molar-refractivity contribution is 0.0431. The number of amides is 1. The van der Waals surface area contributed by atoms with E-state index in [-0.39, 0.29) is 6.61 Å². The van der Waals surface area contributed by atoms with E-state index < -0.39 is 12.4 Å². The summed E-state index contributed by atoms with van der Waals surface area (Å²) in [5, 5.41) is 9.44. The highest BCUT2D eigenvalue weighted by atomic mass is 16.6. The van der Waals surface area contributed by atoms with E-state index in [1.54, 1.807) is 20.3 Å². The smallest absolute Gasteiger partial charge is 0.411 e. The van der Waals surface area contributed by atoms with E-state index in [0.717, 1.165) is 22.5 Å². The molecule has 3 aromatic carbocycles. The van der Waals surface area contributed by atoms with E-state index >= 15 is 0 Å². The molecule has 0 saturated carbocycles. The van der Waals surface area contributed by atoms with Gasteiger partial charge in [-0.2, -0.15) is 9.98 Å². The fourth-order valence-corrected chi connectivity index (χ4v) is 3.35. The summed E-state index contributed by atoms with van der Waals surface area (Å²) in [6.07, 6.45) is -1.05. The largest absolute Gasteiger partial charge is 0.447 e. The lowest BCUT2D eigenvalue weighted by atomic mass is 10.2. The van der Waals surface area contributed by atoms with E-state index in [9.17, 15) is 4.79 Å². The maximum Gasteiger partial charge on any atom is 0.411 e. The topological polar surface area (TPSA) is 115 Å². The molecule has 10 nitrogen and oxygen atoms in total. The minimum Gasteiger partial charge on any atom is -0.447 e. The van der Waals surface area contributed by atoms with Crippen LogP contribution >= 0.6 is 0 Å². The maximum atomic E-state index is 12.0. The molecule has 3 N–H and O–H groups in total. The van der Waals surface area contributed by atoms with Crippen LogP contribution in [0.25, 0.3) is 0 Å². The third-order valence-electron chi connectivity index (χ3n) is 5.49. The average Bonchev–Trinajstić information content (AvgIpc) is 2.93. The SMILES string of the molecule is COCCOC(=O)Nc1cc(N=C=Nc2ccc(C)c(NC(Nc3ccccc3)OCCOC)c2)ccc1C. The van der Waals surface area contributed by atoms with Gasteiger partial charge in [0.1, 0.15) is 12.6 Å². The highest BCUT2D eigenvalue weighted by molar-refractivity contribution is 5.86. The molecule has 0 aliphatic carbocycles. The first-order valence-corrected chi connectivity index (χ1v) is 12.5. The lowest BCUT2D eigenvalue weighted by Crippen LogP contribution is -2.33. The van der Waals surface area contributed by atoms with Gasteiger partial charge in [0.15, 0.2) is 0 Å². The Bertz CT molecular complexity index is 1260. The standard InChI is InChI=1S/C29H35N5O5/c1-21-10-12-24(18-26(21)33-28(38-16-14-36-3)32-23-8-6-5-7-9-23)30-20-31-25-13-11-22(2)27(19-25)34-29(35)39-17-15-37-4/h5-13,18-19,28,32-33H,14-17H2,1-4H3,(H,34,35). The highest BCUT2D eigenvalue weighted by Gasteiger charge is 2.11. The summed E-state index contributed by atoms with van der Waals surface area (Å²) in [5.41, 5.74) is 5.49. The molecule has 1 amide bonds. The van der Waals surface area contributed by atoms with Crippen LogP contribution in [-0.4, -0.2) is 59.1 Å². The molecule has 0 heterocycles. The first-order chi connectivity index (χ1) is 19.0. The summed E-state index contributed by atoms with van der Waals surface area (Å²) >= 11 is 0. The number of hydrogen-bond acceptors (Lipinski definition) is 9. The third-order valence-corrected chi connectivity index (χ3v) is 5.49. The number of methoxy groups -OCH3 is 2. The van der Waals surface area contributed by atoms with Crippen molar-refractivity contribution < 1.29 is 23.7 Å². The van der Waals surface area contributed by atoms with Gasteiger partial charge in [-0.25, -0.2) is 4.79 Å². The van der Waals surface area contributed by atoms with Crippen LogP contribution in [0.3, 0.4) is 0 Å². The molecular weight excluding hydrogens is 498 g/mol. The van der Waals surface area contributed by atoms with Crippen LogP contribution in [0.15, 0.2) is 76.7 Å². The van der Waals surface area contributed by atoms with Gasteiger partial charge in [0.25, 0.3) is 0 Å². The number of rotatable bonds is 14. The Kier molecular flexibility index (Phi) is 12.0. The number of aryl methyl sites for hydroxylation is 2. The molecule has 0 fully saturated rings. The normalized spacial score (nSPS) is 11.2. The van der Waals surface area contributed by atoms with Crippen molar-refractivity contribution in [3.8, 4) is 0 Å². The number of carbonyl (C=O) groups excluding carboxylic acids is 1. The number of anilines is 3. The van der Waals surface area contributed by atoms with Crippen LogP contribution in [0, 0.1) is 13.8 Å². The second-order valence-electron chi connectivity index (χ2n) is 8.47. The summed E-state index contributed by atoms with van der Waals surface area (Å²) in [5.74, 6) is 0. The summed E-state index contributed by atoms with van der Waals surface area (Å²) in [6.45, 7) is 5.26. The Labute approximate surface area is 229 Å². The molecule has 3 aromatic rings. The molecule has 206 valence electrons. The predicted molar refractivity (Wildman–Crippen MR) is 154 cm³/mol. The molecule has 1 unspecified atom stereocenters. The van der Waals surface area contributed by atoms with E-state index in [4.69, 9.17) is 18.9 Å². The van der Waals surface area contributed by atoms with E-state index in [0.29, 0.717) is 36.9 Å². The highest BCUT2D eigenvalue weighted by Crippen LogP contribution is 2.25. The van der Waals surface area contributed by atoms with Crippen LogP contribution in [-0.2, 0) is 18.9 Å². The molecule has 0 bridgehead atoms. The molecular formula is C29H35N5O5. The fraction of sp³-hybridized carbons (Fsp3) is 0.310. The van der Waals surface area contributed by atoms with Crippen molar-refractivity contribution in [3.63, 3.8) is 0 Å². The molecule has 0 radical (unpaired) electrons. The number of benzene rings is 3. The zero-order valence-corrected chi connectivity index (χ0v) is 22.7. The van der Waals surface area contributed by atoms with Crippen LogP contribution in [0.5, 0.6) is 0 Å². The fourth-order valence-electron chi connectivity index (χ4n) is 3.35. The minimum absolute atomic E-state index is 0.168. The molecule has 0 saturated heterocycles. The van der Waals surface area contributed by atoms with Crippen molar-refractivity contribution in [2.24, 2.45) is 9.98 Å². The van der Waals surface area contributed by atoms with Gasteiger partial charge >= 0.3 is 6.09 Å². The van der Waals surface area contributed by atoms with E-state index in [1.807, 2.05) is 74.5 Å². The lowest BCUT2D eigenvalue weighted by Gasteiger charge is -2.23. The second kappa shape index (κ2) is 15.9. The molecule has 3 rings (SSSR count). The minimum atomic E-state index is -0.559. The van der Waals surface area contributed by atoms with Crippen molar-refractivity contribution in [3.05, 3.63) is 77.9 Å². The Morgan fingerprint density at radius 2 is 1.41 bits per heavy atom. The van der Waals surface area contributed by atoms with Crippen LogP contribution in [0.2, 0.25) is 0 Å². The number of nitrogens with one attached hydrogen (secondary N) is 3. The van der Waals surface area contributed by atoms with Crippen LogP contribution in [0.1, 0.15) is 11.1 Å². The molecule has 10 heteroatoms. The number of nitrogens with zero attached hydrogens (tertiary/aromatic N) is 2. The Morgan fingerprint density at radius 3 is 2.08 bits per heavy atom. The molecule has 0 spiro atoms. The van der Waals surface area contributed by atoms with Crippen LogP contribution < -0.4 is 16.0 Å². The molecule has 1 atom stereocenters. The number of para-hydroxylation sites is 1. The van der Waals surface area contributed by atoms with Crippen molar-refractivity contribution in [1.82, 2.24) is 0 Å². The van der Waals surface area contributed by atoms with Gasteiger partial charge in [-0.15, -0.1) is 0 Å². The predicted octanol–water partition coefficient (Wildman–Crippen LogP) is 6.11. The number of hydrogen-bond donors (Lipinski definition) is 3. The second-order valence-corrected chi connectivity index (χ2v) is 8.47. The molecule has 0 aromatic heterocycles. The van der Waals surface area contributed by atoms with Gasteiger partial charge in [0.05, 0.1) is 31.2 Å². The summed E-state index contributed by atoms with van der Waals surface area (Å²) in [4.78, 5) is 20.7. The summed E-state index contributed by atoms with van der Waals surface area (Å²) in [6, 6.07) is 23.7. The maximum absolute atomic E-state index is 12.0. The Balaban J connectivity index is 1.71. The quantitative estimate of drug-likeness (QED) is 0.130. The summed E-state index contributed by atoms with van der Waals surface area (Å²) < 4.78 is 21.0. The van der Waals surface area contributed by atoms with E-state index in [1.165, 1.54) is 0 Å². The first kappa shape index (κ1) is 29.3. The first-order valence-electron chi connectivity index (χ1n) is 12.5. The van der Waals surface area contributed by atoms with Gasteiger partial charge in [-0.3, -0.25) is 5.32 Å². The van der Waals surface area contributed by atoms with Crippen molar-refractivity contribution >= 4 is 40.5 Å². The number of carbonyl (C=O) groups is 1. The van der Waals surface area contributed by atoms with Gasteiger partial charge in [-0.05, 0) is 61.4 Å². The molecule has 39 heavy (non-hydrogen) atoms. The third kappa shape index (κ3) is 10.2. The number of aliphatic imine (C=N–C) groups is 2. The van der Waals surface area contributed by atoms with Gasteiger partial charge < -0.3 is 29.6 Å². The molecule has 0 aliphatic rings. The van der Waals surface area contributed by atoms with E-state index in [2.05, 4.69) is 31.9 Å². The number of ether oxygens (including phenoxy) is 4. The Hall–Kier alpha value is -4.21. The van der Waals surface area contributed by atoms with Gasteiger partial charge in [0, 0.05) is 31.3 Å². The zero-order chi connectivity index (χ0) is 27.9. The van der Waals surface area contributed by atoms with Gasteiger partial charge in [-0.1, -0.05) is 30.3 Å². The van der Waals surface area contributed by atoms with Crippen molar-refractivity contribution in [1.29, 1.82) is 0 Å². The average molecular weight is 534 g/mol.